The SMILES string of the molecule is Cc1ccc([C@@H](C)NC(=O)CN(c2cccc(Cl)c2)S(C)(=O)=O)cc1. The first-order valence-corrected chi connectivity index (χ1v) is 9.98. The predicted octanol–water partition coefficient (Wildman–Crippen LogP) is 3.29. The maximum absolute atomic E-state index is 12.4. The highest BCUT2D eigenvalue weighted by Crippen LogP contribution is 2.22. The van der Waals surface area contributed by atoms with E-state index in [0.29, 0.717) is 10.7 Å². The normalized spacial score (nSPS) is 12.5. The van der Waals surface area contributed by atoms with E-state index in [2.05, 4.69) is 5.32 Å². The topological polar surface area (TPSA) is 66.5 Å². The first kappa shape index (κ1) is 19.3. The fourth-order valence-electron chi connectivity index (χ4n) is 2.39. The van der Waals surface area contributed by atoms with Gasteiger partial charge in [0.1, 0.15) is 6.54 Å². The Morgan fingerprint density at radius 1 is 1.20 bits per heavy atom. The van der Waals surface area contributed by atoms with E-state index in [-0.39, 0.29) is 12.6 Å². The van der Waals surface area contributed by atoms with Gasteiger partial charge in [-0.2, -0.15) is 0 Å². The van der Waals surface area contributed by atoms with Crippen LogP contribution >= 0.6 is 11.6 Å². The molecule has 1 N–H and O–H groups in total. The largest absolute Gasteiger partial charge is 0.348 e. The maximum atomic E-state index is 12.4. The van der Waals surface area contributed by atoms with Gasteiger partial charge in [0.15, 0.2) is 0 Å². The lowest BCUT2D eigenvalue weighted by molar-refractivity contribution is -0.120. The number of carbonyl (C=O) groups is 1. The van der Waals surface area contributed by atoms with E-state index in [1.54, 1.807) is 18.2 Å². The second kappa shape index (κ2) is 7.89. The Kier molecular flexibility index (Phi) is 6.08. The molecule has 0 aliphatic heterocycles. The molecule has 0 aliphatic rings. The van der Waals surface area contributed by atoms with Gasteiger partial charge in [-0.25, -0.2) is 8.42 Å². The number of nitrogens with zero attached hydrogens (tertiary/aromatic N) is 1. The van der Waals surface area contributed by atoms with Crippen LogP contribution in [0.1, 0.15) is 24.1 Å². The van der Waals surface area contributed by atoms with Gasteiger partial charge < -0.3 is 5.32 Å². The molecule has 2 rings (SSSR count). The number of aryl methyl sites for hydroxylation is 1. The number of hydrogen-bond donors (Lipinski definition) is 1. The summed E-state index contributed by atoms with van der Waals surface area (Å²) in [5.41, 5.74) is 2.44. The summed E-state index contributed by atoms with van der Waals surface area (Å²) >= 11 is 5.93. The average molecular weight is 381 g/mol. The third-order valence-corrected chi connectivity index (χ3v) is 5.11. The molecule has 0 aromatic heterocycles. The smallest absolute Gasteiger partial charge is 0.241 e. The number of halogens is 1. The second-order valence-corrected chi connectivity index (χ2v) is 8.29. The van der Waals surface area contributed by atoms with Crippen molar-refractivity contribution in [3.63, 3.8) is 0 Å². The molecule has 25 heavy (non-hydrogen) atoms. The fourth-order valence-corrected chi connectivity index (χ4v) is 3.42. The summed E-state index contributed by atoms with van der Waals surface area (Å²) in [6, 6.07) is 14.0. The summed E-state index contributed by atoms with van der Waals surface area (Å²) in [5, 5.41) is 3.23. The monoisotopic (exact) mass is 380 g/mol. The van der Waals surface area contributed by atoms with Crippen LogP contribution in [0.15, 0.2) is 48.5 Å². The van der Waals surface area contributed by atoms with Crippen LogP contribution in [-0.4, -0.2) is 27.1 Å². The molecule has 1 amide bonds. The lowest BCUT2D eigenvalue weighted by Gasteiger charge is -2.23. The van der Waals surface area contributed by atoms with E-state index in [9.17, 15) is 13.2 Å². The second-order valence-electron chi connectivity index (χ2n) is 5.95. The van der Waals surface area contributed by atoms with E-state index in [0.717, 1.165) is 21.7 Å². The zero-order valence-corrected chi connectivity index (χ0v) is 15.9. The van der Waals surface area contributed by atoms with Gasteiger partial charge in [-0.15, -0.1) is 0 Å². The van der Waals surface area contributed by atoms with Gasteiger partial charge >= 0.3 is 0 Å². The average Bonchev–Trinajstić information content (AvgIpc) is 2.52. The zero-order chi connectivity index (χ0) is 18.6. The molecule has 0 saturated heterocycles. The summed E-state index contributed by atoms with van der Waals surface area (Å²) < 4.78 is 25.2. The molecule has 0 aliphatic carbocycles. The Hall–Kier alpha value is -2.05. The molecule has 134 valence electrons. The minimum Gasteiger partial charge on any atom is -0.348 e. The number of carbonyl (C=O) groups excluding carboxylic acids is 1. The van der Waals surface area contributed by atoms with Crippen molar-refractivity contribution in [3.8, 4) is 0 Å². The summed E-state index contributed by atoms with van der Waals surface area (Å²) in [7, 11) is -3.62. The summed E-state index contributed by atoms with van der Waals surface area (Å²) in [6.07, 6.45) is 1.06. The van der Waals surface area contributed by atoms with Crippen molar-refractivity contribution < 1.29 is 13.2 Å². The molecule has 1 atom stereocenters. The fraction of sp³-hybridized carbons (Fsp3) is 0.278. The Bertz CT molecular complexity index is 851. The van der Waals surface area contributed by atoms with Gasteiger partial charge in [0.25, 0.3) is 0 Å². The van der Waals surface area contributed by atoms with Crippen molar-refractivity contribution in [2.24, 2.45) is 0 Å². The van der Waals surface area contributed by atoms with E-state index in [4.69, 9.17) is 11.6 Å². The number of amides is 1. The summed E-state index contributed by atoms with van der Waals surface area (Å²) in [4.78, 5) is 12.4. The van der Waals surface area contributed by atoms with Gasteiger partial charge in [0.05, 0.1) is 18.0 Å². The highest BCUT2D eigenvalue weighted by Gasteiger charge is 2.22. The van der Waals surface area contributed by atoms with Crippen molar-refractivity contribution in [2.75, 3.05) is 17.1 Å². The van der Waals surface area contributed by atoms with Crippen LogP contribution in [0.3, 0.4) is 0 Å². The van der Waals surface area contributed by atoms with E-state index < -0.39 is 15.9 Å². The highest BCUT2D eigenvalue weighted by atomic mass is 35.5. The molecule has 0 saturated carbocycles. The van der Waals surface area contributed by atoms with Gasteiger partial charge in [0.2, 0.25) is 15.9 Å². The van der Waals surface area contributed by atoms with Crippen molar-refractivity contribution >= 4 is 33.2 Å². The van der Waals surface area contributed by atoms with Crippen molar-refractivity contribution in [3.05, 3.63) is 64.7 Å². The van der Waals surface area contributed by atoms with E-state index in [1.165, 1.54) is 6.07 Å². The third-order valence-electron chi connectivity index (χ3n) is 3.74. The molecule has 2 aromatic carbocycles. The maximum Gasteiger partial charge on any atom is 0.241 e. The Balaban J connectivity index is 2.13. The van der Waals surface area contributed by atoms with Crippen LogP contribution in [0.4, 0.5) is 5.69 Å². The van der Waals surface area contributed by atoms with Crippen LogP contribution < -0.4 is 9.62 Å². The third kappa shape index (κ3) is 5.47. The van der Waals surface area contributed by atoms with Gasteiger partial charge in [-0.05, 0) is 37.6 Å². The number of anilines is 1. The van der Waals surface area contributed by atoms with E-state index >= 15 is 0 Å². The quantitative estimate of drug-likeness (QED) is 0.836. The number of rotatable bonds is 6. The van der Waals surface area contributed by atoms with Crippen molar-refractivity contribution in [1.82, 2.24) is 5.32 Å². The minimum absolute atomic E-state index is 0.228. The number of hydrogen-bond acceptors (Lipinski definition) is 3. The van der Waals surface area contributed by atoms with Crippen LogP contribution in [0.25, 0.3) is 0 Å². The molecule has 2 aromatic rings. The highest BCUT2D eigenvalue weighted by molar-refractivity contribution is 7.92. The van der Waals surface area contributed by atoms with Crippen LogP contribution in [0, 0.1) is 6.92 Å². The predicted molar refractivity (Wildman–Crippen MR) is 101 cm³/mol. The molecule has 5 nitrogen and oxygen atoms in total. The van der Waals surface area contributed by atoms with Gasteiger partial charge in [-0.1, -0.05) is 47.5 Å². The lowest BCUT2D eigenvalue weighted by Crippen LogP contribution is -2.41. The molecular weight excluding hydrogens is 360 g/mol. The lowest BCUT2D eigenvalue weighted by atomic mass is 10.1. The van der Waals surface area contributed by atoms with E-state index in [1.807, 2.05) is 38.1 Å². The Morgan fingerprint density at radius 3 is 2.40 bits per heavy atom. The zero-order valence-electron chi connectivity index (χ0n) is 14.4. The molecule has 0 bridgehead atoms. The molecule has 0 spiro atoms. The van der Waals surface area contributed by atoms with Crippen molar-refractivity contribution in [1.29, 1.82) is 0 Å². The minimum atomic E-state index is -3.62. The molecule has 0 heterocycles. The van der Waals surface area contributed by atoms with Crippen LogP contribution in [0.5, 0.6) is 0 Å². The Labute approximate surface area is 153 Å². The first-order valence-electron chi connectivity index (χ1n) is 7.76. The first-order chi connectivity index (χ1) is 11.7. The standard InChI is InChI=1S/C18H21ClN2O3S/c1-13-7-9-15(10-8-13)14(2)20-18(22)12-21(25(3,23)24)17-6-4-5-16(19)11-17/h4-11,14H,12H2,1-3H3,(H,20,22)/t14-/m1/s1. The summed E-state index contributed by atoms with van der Waals surface area (Å²) in [6.45, 7) is 3.53. The van der Waals surface area contributed by atoms with Gasteiger partial charge in [-0.3, -0.25) is 9.10 Å². The number of nitrogens with one attached hydrogen (secondary N) is 1. The molecule has 0 radical (unpaired) electrons. The number of benzene rings is 2. The number of sulfonamides is 1. The molecule has 7 heteroatoms. The Morgan fingerprint density at radius 2 is 1.84 bits per heavy atom. The van der Waals surface area contributed by atoms with Crippen LogP contribution in [0.2, 0.25) is 5.02 Å². The molecule has 0 unspecified atom stereocenters. The molecule has 0 fully saturated rings. The van der Waals surface area contributed by atoms with Gasteiger partial charge in [0, 0.05) is 5.02 Å². The van der Waals surface area contributed by atoms with Crippen molar-refractivity contribution in [2.45, 2.75) is 19.9 Å². The summed E-state index contributed by atoms with van der Waals surface area (Å²) in [5.74, 6) is -0.390. The molecular formula is C18H21ClN2O3S. The van der Waals surface area contributed by atoms with Crippen LogP contribution in [-0.2, 0) is 14.8 Å².